The molecule has 0 amide bonds. The van der Waals surface area contributed by atoms with Crippen LogP contribution >= 0.6 is 23.9 Å². The van der Waals surface area contributed by atoms with Crippen molar-refractivity contribution in [2.75, 3.05) is 0 Å². The number of hydrogen-bond donors (Lipinski definition) is 0. The molecule has 18 heteroatoms. The molecule has 79 heavy (non-hydrogen) atoms. The standard InChI is InChI=1S/C43H14BrF10N4O.C18H15P.Co/c44-18-6-2-4-16-15-3-1-5-17(42(15)59-43(16)18)27-21-11-13-25(57-21)28(30-32(45)36(49)40(53)37(50)33(30)46)23-9-7-19(55-23)20-8-10-24(56-20)29(26-14-12-22(27)58-26)31-34(47)38(51)41(54)39(52)35(31)48;1-4-10-16(11-5-1)19(17-12-6-2-7-13-17)18-14-8-3-9-15-18;/h1-14H;1-15H;/q-1;;/p+1. The van der Waals surface area contributed by atoms with Crippen LogP contribution in [0, 0.1) is 75.9 Å². The predicted octanol–water partition coefficient (Wildman–Crippen LogP) is 13.8. The average molecular weight is 1190 g/mol. The quantitative estimate of drug-likeness (QED) is 0.0545. The van der Waals surface area contributed by atoms with Gasteiger partial charge in [-0.05, 0) is 124 Å². The van der Waals surface area contributed by atoms with E-state index in [0.717, 1.165) is 0 Å². The van der Waals surface area contributed by atoms with E-state index in [1.165, 1.54) is 64.4 Å². The van der Waals surface area contributed by atoms with Gasteiger partial charge in [-0.3, -0.25) is 0 Å². The van der Waals surface area contributed by atoms with Gasteiger partial charge in [-0.25, -0.2) is 0 Å². The first kappa shape index (κ1) is 52.8. The van der Waals surface area contributed by atoms with Crippen molar-refractivity contribution >= 4 is 61.7 Å². The number of halogens is 11. The monoisotopic (exact) mass is 1190 g/mol. The molecule has 0 saturated heterocycles. The Labute approximate surface area is 462 Å². The molecule has 5 nitrogen and oxygen atoms in total. The summed E-state index contributed by atoms with van der Waals surface area (Å²) < 4.78 is 158. The van der Waals surface area contributed by atoms with Crippen LogP contribution in [0.15, 0.2) is 185 Å². The third-order valence-electron chi connectivity index (χ3n) is 13.2. The number of furan rings is 1. The van der Waals surface area contributed by atoms with E-state index in [-0.39, 0.29) is 73.8 Å². The van der Waals surface area contributed by atoms with Gasteiger partial charge in [0, 0.05) is 70.3 Å². The van der Waals surface area contributed by atoms with Gasteiger partial charge in [0.05, 0.1) is 17.8 Å². The van der Waals surface area contributed by atoms with E-state index >= 15 is 17.6 Å². The summed E-state index contributed by atoms with van der Waals surface area (Å²) in [7, 11) is -0.877. The van der Waals surface area contributed by atoms with Gasteiger partial charge in [0.1, 0.15) is 21.5 Å². The fourth-order valence-electron chi connectivity index (χ4n) is 9.70. The number of nitrogens with zero attached hydrogens (tertiary/aromatic N) is 4. The number of rotatable bonds is 6. The molecular weight excluding hydrogens is 1160 g/mol. The second-order valence-electron chi connectivity index (χ2n) is 17.8. The van der Waals surface area contributed by atoms with Crippen LogP contribution in [0.25, 0.3) is 33.3 Å². The number of fused-ring (bicyclic) bond motifs is 12. The molecule has 391 valence electrons. The maximum atomic E-state index is 15.7. The minimum Gasteiger partial charge on any atom is -0.644 e. The topological polar surface area (TPSA) is 69.5 Å². The fraction of sp³-hybridized carbons (Fsp3) is 0. The molecule has 0 aliphatic carbocycles. The van der Waals surface area contributed by atoms with Gasteiger partial charge in [0.15, 0.2) is 16.7 Å². The molecule has 0 N–H and O–H groups in total. The van der Waals surface area contributed by atoms with Crippen LogP contribution < -0.4 is 35.8 Å². The van der Waals surface area contributed by atoms with Gasteiger partial charge in [-0.2, -0.15) is 43.9 Å². The van der Waals surface area contributed by atoms with E-state index in [2.05, 4.69) is 127 Å². The first-order chi connectivity index (χ1) is 37.8. The van der Waals surface area contributed by atoms with Crippen molar-refractivity contribution in [2.45, 2.75) is 0 Å². The van der Waals surface area contributed by atoms with E-state index in [1.54, 1.807) is 36.4 Å². The second kappa shape index (κ2) is 21.2. The Morgan fingerprint density at radius 3 is 1.06 bits per heavy atom. The number of benzene rings is 7. The van der Waals surface area contributed by atoms with E-state index in [9.17, 15) is 26.3 Å². The maximum Gasteiger partial charge on any atom is 0.238 e. The molecular formula is C61H30BrCoF10N4OP. The van der Waals surface area contributed by atoms with Gasteiger partial charge >= 0.3 is 0 Å². The Bertz CT molecular complexity index is 3930. The zero-order valence-corrected chi connectivity index (χ0v) is 43.6. The van der Waals surface area contributed by atoms with Crippen LogP contribution in [0.1, 0.15) is 50.9 Å². The first-order valence-corrected chi connectivity index (χ1v) is 25.9. The molecule has 1 aliphatic heterocycles. The smallest absolute Gasteiger partial charge is 0.238 e. The Hall–Kier alpha value is -8.21. The van der Waals surface area contributed by atoms with Crippen molar-refractivity contribution in [1.29, 1.82) is 0 Å². The molecule has 0 saturated carbocycles. The molecule has 6 heterocycles. The van der Waals surface area contributed by atoms with Crippen molar-refractivity contribution in [1.82, 2.24) is 19.9 Å². The summed E-state index contributed by atoms with van der Waals surface area (Å²) in [6.07, 6.45) is 0. The van der Waals surface area contributed by atoms with Crippen molar-refractivity contribution in [3.05, 3.63) is 307 Å². The molecule has 1 radical (unpaired) electrons. The minimum absolute atomic E-state index is 0. The molecule has 0 fully saturated rings. The summed E-state index contributed by atoms with van der Waals surface area (Å²) in [5.74, 6) is -23.4. The molecule has 13 rings (SSSR count). The summed E-state index contributed by atoms with van der Waals surface area (Å²) in [6, 6.07) is 53.1. The fourth-order valence-corrected chi connectivity index (χ4v) is 12.7. The summed E-state index contributed by atoms with van der Waals surface area (Å²) >= 11 is 3.48. The van der Waals surface area contributed by atoms with E-state index < -0.39 is 89.1 Å². The summed E-state index contributed by atoms with van der Waals surface area (Å²) in [4.78, 5) is 18.0. The number of para-hydroxylation sites is 2. The Balaban J connectivity index is 0.000000278. The Morgan fingerprint density at radius 2 is 0.658 bits per heavy atom. The van der Waals surface area contributed by atoms with Crippen molar-refractivity contribution in [3.8, 4) is 11.4 Å². The third-order valence-corrected chi connectivity index (χ3v) is 16.6. The largest absolute Gasteiger partial charge is 0.644 e. The normalized spacial score (nSPS) is 12.2. The second-order valence-corrected chi connectivity index (χ2v) is 21.1. The molecule has 5 aromatic heterocycles. The van der Waals surface area contributed by atoms with Crippen LogP contribution in [0.2, 0.25) is 0 Å². The molecule has 0 unspecified atom stereocenters. The molecule has 12 aromatic rings. The molecule has 1 aliphatic rings. The summed E-state index contributed by atoms with van der Waals surface area (Å²) in [5, 5.41) is 5.59. The minimum atomic E-state index is -2.39. The maximum absolute atomic E-state index is 15.7. The van der Waals surface area contributed by atoms with Crippen LogP contribution in [0.3, 0.4) is 0 Å². The van der Waals surface area contributed by atoms with Crippen LogP contribution in [-0.4, -0.2) is 0 Å². The van der Waals surface area contributed by atoms with Crippen molar-refractivity contribution < 1.29 is 65.1 Å². The van der Waals surface area contributed by atoms with Crippen LogP contribution in [0.5, 0.6) is 0 Å². The molecule has 8 bridgehead atoms. The van der Waals surface area contributed by atoms with Gasteiger partial charge in [-0.15, -0.1) is 11.4 Å². The zero-order chi connectivity index (χ0) is 54.1. The number of hydrogen-bond acceptors (Lipinski definition) is 1. The van der Waals surface area contributed by atoms with E-state index in [1.807, 2.05) is 0 Å². The predicted molar refractivity (Wildman–Crippen MR) is 280 cm³/mol. The summed E-state index contributed by atoms with van der Waals surface area (Å²) in [6.45, 7) is 0. The van der Waals surface area contributed by atoms with Crippen LogP contribution in [0.4, 0.5) is 43.9 Å². The molecule has 7 aromatic carbocycles. The summed E-state index contributed by atoms with van der Waals surface area (Å²) in [5.41, 5.74) is -3.06. The van der Waals surface area contributed by atoms with Gasteiger partial charge in [0.25, 0.3) is 0 Å². The van der Waals surface area contributed by atoms with Crippen molar-refractivity contribution in [2.24, 2.45) is 0 Å². The van der Waals surface area contributed by atoms with Crippen LogP contribution in [-0.2, 0) is 16.8 Å². The average Bonchev–Trinajstić information content (AvgIpc) is 4.54. The SMILES string of the molecule is Fc1c(F)c(F)c([C+]2c3ccc([n-]3)-c3ccc([n-]3)[C+](c3c(F)c(F)c(F)c(F)c3F)c3ccc([n-]3)[C+](c3cccc4c3oc3c(Br)cccc34)c3ccc2[n-]3)c(F)c1F.[Co].c1ccc([PH+](c2ccccc2)c2ccccc2)cc1. The van der Waals surface area contributed by atoms with E-state index in [4.69, 9.17) is 4.42 Å². The van der Waals surface area contributed by atoms with Gasteiger partial charge < -0.3 is 24.4 Å². The molecule has 0 spiro atoms. The zero-order valence-electron chi connectivity index (χ0n) is 39.9. The van der Waals surface area contributed by atoms with E-state index in [0.29, 0.717) is 26.4 Å². The van der Waals surface area contributed by atoms with Gasteiger partial charge in [-0.1, -0.05) is 72.1 Å². The Morgan fingerprint density at radius 1 is 0.329 bits per heavy atom. The third kappa shape index (κ3) is 9.09. The first-order valence-electron chi connectivity index (χ1n) is 23.6. The van der Waals surface area contributed by atoms with Crippen molar-refractivity contribution in [3.63, 3.8) is 0 Å². The Kier molecular flexibility index (Phi) is 14.2. The molecule has 0 atom stereocenters. The number of aromatic nitrogens is 4. The van der Waals surface area contributed by atoms with Gasteiger partial charge in [0.2, 0.25) is 63.8 Å².